The second kappa shape index (κ2) is 4.94. The Bertz CT molecular complexity index is 439. The van der Waals surface area contributed by atoms with Crippen molar-refractivity contribution in [1.82, 2.24) is 9.78 Å². The first-order valence-electron chi connectivity index (χ1n) is 6.16. The lowest BCUT2D eigenvalue weighted by Gasteiger charge is -2.27. The molecular weight excluding hydrogens is 280 g/mol. The zero-order valence-electron chi connectivity index (χ0n) is 10.4. The van der Waals surface area contributed by atoms with Gasteiger partial charge < -0.3 is 5.11 Å². The highest BCUT2D eigenvalue weighted by atomic mass is 79.9. The van der Waals surface area contributed by atoms with Gasteiger partial charge >= 0.3 is 0 Å². The van der Waals surface area contributed by atoms with E-state index >= 15 is 0 Å². The van der Waals surface area contributed by atoms with Crippen LogP contribution in [0.15, 0.2) is 16.6 Å². The first kappa shape index (κ1) is 12.8. The predicted octanol–water partition coefficient (Wildman–Crippen LogP) is 2.76. The summed E-state index contributed by atoms with van der Waals surface area (Å²) in [6, 6.07) is 0. The molecule has 0 radical (unpaired) electrons. The average Bonchev–Trinajstić information content (AvgIpc) is 2.57. The average molecular weight is 299 g/mol. The third-order valence-electron chi connectivity index (χ3n) is 3.39. The normalized spacial score (nSPS) is 24.2. The summed E-state index contributed by atoms with van der Waals surface area (Å²) in [4.78, 5) is 0. The van der Waals surface area contributed by atoms with Crippen molar-refractivity contribution in [2.24, 2.45) is 7.05 Å². The molecule has 0 aliphatic heterocycles. The van der Waals surface area contributed by atoms with E-state index < -0.39 is 5.60 Å². The maximum absolute atomic E-state index is 10.5. The molecule has 4 heteroatoms. The second-order valence-corrected chi connectivity index (χ2v) is 5.55. The zero-order valence-corrected chi connectivity index (χ0v) is 12.0. The second-order valence-electron chi connectivity index (χ2n) is 4.76. The van der Waals surface area contributed by atoms with E-state index in [1.807, 2.05) is 17.8 Å². The number of aromatic nitrogens is 2. The number of allylic oxidation sites excluding steroid dienone is 1. The minimum atomic E-state index is -0.695. The summed E-state index contributed by atoms with van der Waals surface area (Å²) in [5, 5.41) is 15.0. The molecule has 0 amide bonds. The van der Waals surface area contributed by atoms with Gasteiger partial charge in [-0.25, -0.2) is 0 Å². The third-order valence-corrected chi connectivity index (χ3v) is 4.30. The van der Waals surface area contributed by atoms with Crippen LogP contribution in [0.1, 0.15) is 37.6 Å². The number of halogens is 1. The molecule has 0 spiro atoms. The van der Waals surface area contributed by atoms with Crippen molar-refractivity contribution in [3.63, 3.8) is 0 Å². The van der Waals surface area contributed by atoms with E-state index in [9.17, 15) is 5.11 Å². The lowest BCUT2D eigenvalue weighted by molar-refractivity contribution is 0.0730. The van der Waals surface area contributed by atoms with E-state index in [2.05, 4.69) is 34.0 Å². The zero-order chi connectivity index (χ0) is 12.5. The van der Waals surface area contributed by atoms with E-state index in [-0.39, 0.29) is 0 Å². The van der Waals surface area contributed by atoms with Crippen molar-refractivity contribution in [2.45, 2.75) is 44.6 Å². The molecule has 1 aliphatic carbocycles. The smallest absolute Gasteiger partial charge is 0.0883 e. The Morgan fingerprint density at radius 3 is 2.88 bits per heavy atom. The highest BCUT2D eigenvalue weighted by molar-refractivity contribution is 9.10. The number of hydrogen-bond acceptors (Lipinski definition) is 2. The van der Waals surface area contributed by atoms with Crippen LogP contribution in [0.5, 0.6) is 0 Å². The van der Waals surface area contributed by atoms with Crippen molar-refractivity contribution in [3.05, 3.63) is 28.0 Å². The molecule has 1 aliphatic rings. The van der Waals surface area contributed by atoms with E-state index in [0.29, 0.717) is 6.42 Å². The van der Waals surface area contributed by atoms with E-state index in [4.69, 9.17) is 0 Å². The van der Waals surface area contributed by atoms with Crippen LogP contribution in [0.3, 0.4) is 0 Å². The molecule has 1 atom stereocenters. The van der Waals surface area contributed by atoms with Crippen LogP contribution in [0.4, 0.5) is 0 Å². The Labute approximate surface area is 111 Å². The Hall–Kier alpha value is -0.610. The first-order valence-corrected chi connectivity index (χ1v) is 6.95. The van der Waals surface area contributed by atoms with Gasteiger partial charge in [-0.15, -0.1) is 0 Å². The molecule has 2 rings (SSSR count). The molecule has 0 saturated carbocycles. The van der Waals surface area contributed by atoms with Gasteiger partial charge in [-0.2, -0.15) is 5.10 Å². The van der Waals surface area contributed by atoms with Crippen LogP contribution in [0.25, 0.3) is 0 Å². The summed E-state index contributed by atoms with van der Waals surface area (Å²) in [7, 11) is 1.94. The lowest BCUT2D eigenvalue weighted by atomic mass is 9.87. The molecule has 3 nitrogen and oxygen atoms in total. The molecule has 17 heavy (non-hydrogen) atoms. The van der Waals surface area contributed by atoms with Gasteiger partial charge in [0.1, 0.15) is 0 Å². The van der Waals surface area contributed by atoms with Crippen LogP contribution < -0.4 is 0 Å². The fraction of sp³-hybridized carbons (Fsp3) is 0.615. The van der Waals surface area contributed by atoms with Crippen molar-refractivity contribution in [2.75, 3.05) is 0 Å². The number of aliphatic hydroxyl groups is 1. The summed E-state index contributed by atoms with van der Waals surface area (Å²) >= 11 is 3.59. The Kier molecular flexibility index (Phi) is 3.73. The maximum Gasteiger partial charge on any atom is 0.0883 e. The van der Waals surface area contributed by atoms with Crippen LogP contribution in [0.2, 0.25) is 0 Å². The third kappa shape index (κ3) is 2.63. The fourth-order valence-electron chi connectivity index (χ4n) is 2.36. The molecular formula is C13H19BrN2O. The Balaban J connectivity index is 2.26. The van der Waals surface area contributed by atoms with Crippen LogP contribution in [0, 0.1) is 0 Å². The number of hydrogen-bond donors (Lipinski definition) is 1. The lowest BCUT2D eigenvalue weighted by Crippen LogP contribution is -2.31. The van der Waals surface area contributed by atoms with E-state index in [1.54, 1.807) is 0 Å². The monoisotopic (exact) mass is 298 g/mol. The Morgan fingerprint density at radius 2 is 2.35 bits per heavy atom. The van der Waals surface area contributed by atoms with Gasteiger partial charge in [0.05, 0.1) is 21.5 Å². The van der Waals surface area contributed by atoms with Gasteiger partial charge in [-0.3, -0.25) is 4.68 Å². The van der Waals surface area contributed by atoms with Crippen molar-refractivity contribution in [3.8, 4) is 0 Å². The van der Waals surface area contributed by atoms with Crippen molar-refractivity contribution >= 4 is 15.9 Å². The highest BCUT2D eigenvalue weighted by Crippen LogP contribution is 2.30. The van der Waals surface area contributed by atoms with Crippen molar-refractivity contribution < 1.29 is 5.11 Å². The summed E-state index contributed by atoms with van der Waals surface area (Å²) in [6.07, 6.45) is 8.53. The van der Waals surface area contributed by atoms with Crippen LogP contribution in [-0.4, -0.2) is 20.5 Å². The van der Waals surface area contributed by atoms with Gasteiger partial charge in [-0.05, 0) is 41.6 Å². The molecule has 1 unspecified atom stereocenters. The van der Waals surface area contributed by atoms with Gasteiger partial charge in [0.2, 0.25) is 0 Å². The molecule has 0 bridgehead atoms. The minimum absolute atomic E-state index is 0.633. The molecule has 0 fully saturated rings. The molecule has 0 saturated heterocycles. The van der Waals surface area contributed by atoms with E-state index in [1.165, 1.54) is 0 Å². The number of nitrogens with zero attached hydrogens (tertiary/aromatic N) is 2. The summed E-state index contributed by atoms with van der Waals surface area (Å²) in [5.41, 5.74) is 1.45. The summed E-state index contributed by atoms with van der Waals surface area (Å²) in [6.45, 7) is 2.09. The van der Waals surface area contributed by atoms with E-state index in [0.717, 1.165) is 41.5 Å². The van der Waals surface area contributed by atoms with Crippen molar-refractivity contribution in [1.29, 1.82) is 0 Å². The summed E-state index contributed by atoms with van der Waals surface area (Å²) in [5.74, 6) is 0. The maximum atomic E-state index is 10.5. The molecule has 94 valence electrons. The van der Waals surface area contributed by atoms with Crippen LogP contribution >= 0.6 is 15.9 Å². The molecule has 1 aromatic heterocycles. The van der Waals surface area contributed by atoms with Gasteiger partial charge in [0.15, 0.2) is 0 Å². The number of aryl methyl sites for hydroxylation is 2. The molecule has 1 aromatic rings. The quantitative estimate of drug-likeness (QED) is 0.872. The number of rotatable bonds is 3. The van der Waals surface area contributed by atoms with Gasteiger partial charge in [0.25, 0.3) is 0 Å². The topological polar surface area (TPSA) is 38.0 Å². The van der Waals surface area contributed by atoms with Gasteiger partial charge in [0, 0.05) is 13.5 Å². The predicted molar refractivity (Wildman–Crippen MR) is 71.9 cm³/mol. The minimum Gasteiger partial charge on any atom is -0.385 e. The summed E-state index contributed by atoms with van der Waals surface area (Å²) < 4.78 is 2.93. The SMILES string of the molecule is CCc1nn(C)c(CC2(O)C=CCCC2)c1Br. The highest BCUT2D eigenvalue weighted by Gasteiger charge is 2.28. The molecule has 1 heterocycles. The standard InChI is InChI=1S/C13H19BrN2O/c1-3-10-12(14)11(16(2)15-10)9-13(17)7-5-4-6-8-13/h5,7,17H,3-4,6,8-9H2,1-2H3. The molecule has 1 N–H and O–H groups in total. The fourth-order valence-corrected chi connectivity index (χ4v) is 3.12. The van der Waals surface area contributed by atoms with Crippen LogP contribution in [-0.2, 0) is 19.9 Å². The molecule has 0 aromatic carbocycles. The first-order chi connectivity index (χ1) is 8.06. The largest absolute Gasteiger partial charge is 0.385 e. The van der Waals surface area contributed by atoms with Gasteiger partial charge in [-0.1, -0.05) is 19.1 Å². The Morgan fingerprint density at radius 1 is 1.59 bits per heavy atom.